The smallest absolute Gasteiger partial charge is 0.321 e. The van der Waals surface area contributed by atoms with Gasteiger partial charge in [-0.3, -0.25) is 9.59 Å². The highest BCUT2D eigenvalue weighted by atomic mass is 16.6. The molecule has 0 aromatic carbocycles. The molecule has 0 N–H and O–H groups in total. The molecule has 4 atom stereocenters. The first-order valence-corrected chi connectivity index (χ1v) is 6.67. The maximum atomic E-state index is 12.0. The van der Waals surface area contributed by atoms with Crippen LogP contribution >= 0.6 is 0 Å². The molecule has 1 aliphatic carbocycles. The first-order valence-electron chi connectivity index (χ1n) is 6.67. The number of rotatable bonds is 1. The molecule has 4 nitrogen and oxygen atoms in total. The van der Waals surface area contributed by atoms with E-state index in [0.717, 1.165) is 19.3 Å². The summed E-state index contributed by atoms with van der Waals surface area (Å²) in [5, 5.41) is 0. The van der Waals surface area contributed by atoms with Crippen molar-refractivity contribution in [2.75, 3.05) is 7.11 Å². The Hall–Kier alpha value is -1.06. The molecular formula is C14H22O4. The van der Waals surface area contributed by atoms with Crippen LogP contribution in [0.3, 0.4) is 0 Å². The Morgan fingerprint density at radius 2 is 2.06 bits per heavy atom. The zero-order valence-electron chi connectivity index (χ0n) is 11.6. The van der Waals surface area contributed by atoms with Crippen molar-refractivity contribution >= 4 is 11.9 Å². The lowest BCUT2D eigenvalue weighted by Gasteiger charge is -2.49. The number of carbonyl (C=O) groups is 2. The molecule has 18 heavy (non-hydrogen) atoms. The highest BCUT2D eigenvalue weighted by Gasteiger charge is 2.54. The van der Waals surface area contributed by atoms with Gasteiger partial charge in [0.05, 0.1) is 7.11 Å². The van der Waals surface area contributed by atoms with E-state index in [9.17, 15) is 9.59 Å². The van der Waals surface area contributed by atoms with Gasteiger partial charge in [-0.1, -0.05) is 13.3 Å². The minimum Gasteiger partial charge on any atom is -0.468 e. The number of fused-ring (bicyclic) bond motifs is 1. The summed E-state index contributed by atoms with van der Waals surface area (Å²) in [7, 11) is 1.33. The van der Waals surface area contributed by atoms with Crippen LogP contribution in [-0.4, -0.2) is 24.6 Å². The van der Waals surface area contributed by atoms with Gasteiger partial charge in [-0.05, 0) is 38.5 Å². The Morgan fingerprint density at radius 3 is 2.67 bits per heavy atom. The number of carbonyl (C=O) groups excluding carboxylic acids is 2. The number of hydrogen-bond acceptors (Lipinski definition) is 4. The summed E-state index contributed by atoms with van der Waals surface area (Å²) < 4.78 is 10.2. The van der Waals surface area contributed by atoms with Crippen molar-refractivity contribution in [1.29, 1.82) is 0 Å². The molecular weight excluding hydrogens is 232 g/mol. The van der Waals surface area contributed by atoms with Gasteiger partial charge in [0.25, 0.3) is 0 Å². The van der Waals surface area contributed by atoms with Gasteiger partial charge in [-0.15, -0.1) is 0 Å². The van der Waals surface area contributed by atoms with Gasteiger partial charge in [-0.25, -0.2) is 0 Å². The van der Waals surface area contributed by atoms with Gasteiger partial charge >= 0.3 is 11.9 Å². The molecule has 0 bridgehead atoms. The summed E-state index contributed by atoms with van der Waals surface area (Å²) >= 11 is 0. The number of ether oxygens (including phenoxy) is 2. The maximum Gasteiger partial charge on any atom is 0.321 e. The van der Waals surface area contributed by atoms with E-state index >= 15 is 0 Å². The molecule has 0 aromatic rings. The lowest BCUT2D eigenvalue weighted by Crippen LogP contribution is -2.55. The van der Waals surface area contributed by atoms with Crippen LogP contribution in [-0.2, 0) is 19.1 Å². The van der Waals surface area contributed by atoms with Crippen molar-refractivity contribution in [3.05, 3.63) is 0 Å². The molecule has 2 fully saturated rings. The third kappa shape index (κ3) is 2.13. The second kappa shape index (κ2) is 4.56. The molecule has 0 amide bonds. The van der Waals surface area contributed by atoms with Crippen LogP contribution in [0.2, 0.25) is 0 Å². The molecule has 102 valence electrons. The lowest BCUT2D eigenvalue weighted by atomic mass is 9.62. The van der Waals surface area contributed by atoms with E-state index in [1.54, 1.807) is 0 Å². The van der Waals surface area contributed by atoms with E-state index in [4.69, 9.17) is 9.47 Å². The van der Waals surface area contributed by atoms with Crippen LogP contribution in [0.15, 0.2) is 0 Å². The molecule has 0 unspecified atom stereocenters. The molecule has 1 aliphatic heterocycles. The Labute approximate surface area is 108 Å². The van der Waals surface area contributed by atoms with Crippen molar-refractivity contribution in [3.8, 4) is 0 Å². The van der Waals surface area contributed by atoms with Gasteiger partial charge in [0.15, 0.2) is 5.92 Å². The van der Waals surface area contributed by atoms with Crippen molar-refractivity contribution in [2.45, 2.75) is 45.6 Å². The Morgan fingerprint density at radius 1 is 1.39 bits per heavy atom. The fourth-order valence-electron chi connectivity index (χ4n) is 3.63. The SMILES string of the molecule is COC(=O)[C@@H]1C(=O)OC(C)(C)[C@H]2CC[C@@H](C)C[C@@H]12. The second-order valence-corrected chi connectivity index (χ2v) is 6.21. The minimum atomic E-state index is -0.726. The number of hydrogen-bond donors (Lipinski definition) is 0. The summed E-state index contributed by atoms with van der Waals surface area (Å²) in [6.45, 7) is 6.08. The quantitative estimate of drug-likeness (QED) is 0.531. The van der Waals surface area contributed by atoms with E-state index in [0.29, 0.717) is 5.92 Å². The average Bonchev–Trinajstić information content (AvgIpc) is 2.26. The third-order valence-electron chi connectivity index (χ3n) is 4.56. The van der Waals surface area contributed by atoms with Gasteiger partial charge < -0.3 is 9.47 Å². The maximum absolute atomic E-state index is 12.0. The molecule has 1 heterocycles. The van der Waals surface area contributed by atoms with E-state index in [1.165, 1.54) is 7.11 Å². The van der Waals surface area contributed by atoms with E-state index in [-0.39, 0.29) is 11.8 Å². The highest BCUT2D eigenvalue weighted by Crippen LogP contribution is 2.48. The zero-order chi connectivity index (χ0) is 13.5. The zero-order valence-corrected chi connectivity index (χ0v) is 11.6. The predicted molar refractivity (Wildman–Crippen MR) is 65.7 cm³/mol. The lowest BCUT2D eigenvalue weighted by molar-refractivity contribution is -0.199. The topological polar surface area (TPSA) is 52.6 Å². The Bertz CT molecular complexity index is 361. The number of cyclic esters (lactones) is 1. The first-order chi connectivity index (χ1) is 8.36. The monoisotopic (exact) mass is 254 g/mol. The predicted octanol–water partition coefficient (Wildman–Crippen LogP) is 2.16. The summed E-state index contributed by atoms with van der Waals surface area (Å²) in [5.74, 6) is -0.703. The van der Waals surface area contributed by atoms with Crippen molar-refractivity contribution < 1.29 is 19.1 Å². The third-order valence-corrected chi connectivity index (χ3v) is 4.56. The fourth-order valence-corrected chi connectivity index (χ4v) is 3.63. The Balaban J connectivity index is 2.31. The largest absolute Gasteiger partial charge is 0.468 e. The van der Waals surface area contributed by atoms with Gasteiger partial charge in [0.2, 0.25) is 0 Å². The number of methoxy groups -OCH3 is 1. The highest BCUT2D eigenvalue weighted by molar-refractivity contribution is 5.96. The molecule has 0 aromatic heterocycles. The van der Waals surface area contributed by atoms with Crippen LogP contribution < -0.4 is 0 Å². The van der Waals surface area contributed by atoms with E-state index < -0.39 is 23.5 Å². The number of esters is 2. The van der Waals surface area contributed by atoms with Crippen LogP contribution in [0, 0.1) is 23.7 Å². The van der Waals surface area contributed by atoms with Gasteiger partial charge in [0, 0.05) is 5.92 Å². The molecule has 0 spiro atoms. The van der Waals surface area contributed by atoms with Crippen LogP contribution in [0.4, 0.5) is 0 Å². The normalized spacial score (nSPS) is 38.6. The van der Waals surface area contributed by atoms with Crippen LogP contribution in [0.5, 0.6) is 0 Å². The minimum absolute atomic E-state index is 0.0671. The molecule has 1 saturated heterocycles. The molecule has 2 rings (SSSR count). The standard InChI is InChI=1S/C14H22O4/c1-8-5-6-10-9(7-8)11(12(15)17-4)13(16)18-14(10,2)3/h8-11H,5-7H2,1-4H3/t8-,9-,10+,11-/m1/s1. The molecule has 2 aliphatic rings. The van der Waals surface area contributed by atoms with Crippen LogP contribution in [0.25, 0.3) is 0 Å². The average molecular weight is 254 g/mol. The van der Waals surface area contributed by atoms with Gasteiger partial charge in [-0.2, -0.15) is 0 Å². The summed E-state index contributed by atoms with van der Waals surface area (Å²) in [6, 6.07) is 0. The summed E-state index contributed by atoms with van der Waals surface area (Å²) in [4.78, 5) is 23.9. The van der Waals surface area contributed by atoms with Crippen molar-refractivity contribution in [1.82, 2.24) is 0 Å². The molecule has 4 heteroatoms. The molecule has 1 saturated carbocycles. The van der Waals surface area contributed by atoms with Crippen molar-refractivity contribution in [2.24, 2.45) is 23.7 Å². The van der Waals surface area contributed by atoms with Gasteiger partial charge in [0.1, 0.15) is 5.60 Å². The Kier molecular flexibility index (Phi) is 3.39. The van der Waals surface area contributed by atoms with Crippen LogP contribution in [0.1, 0.15) is 40.0 Å². The molecule has 0 radical (unpaired) electrons. The van der Waals surface area contributed by atoms with Crippen molar-refractivity contribution in [3.63, 3.8) is 0 Å². The summed E-state index contributed by atoms with van der Waals surface area (Å²) in [5.41, 5.74) is -0.466. The summed E-state index contributed by atoms with van der Waals surface area (Å²) in [6.07, 6.45) is 3.05. The fraction of sp³-hybridized carbons (Fsp3) is 0.857. The van der Waals surface area contributed by atoms with E-state index in [2.05, 4.69) is 6.92 Å². The van der Waals surface area contributed by atoms with E-state index in [1.807, 2.05) is 13.8 Å². The first kappa shape index (κ1) is 13.4. The second-order valence-electron chi connectivity index (χ2n) is 6.21.